The van der Waals surface area contributed by atoms with E-state index in [2.05, 4.69) is 5.32 Å². The molecule has 0 spiro atoms. The second kappa shape index (κ2) is 4.42. The predicted molar refractivity (Wildman–Crippen MR) is 47.5 cm³/mol. The Bertz CT molecular complexity index is 152. The molecule has 0 heterocycles. The van der Waals surface area contributed by atoms with Crippen LogP contribution >= 0.6 is 0 Å². The molecule has 4 nitrogen and oxygen atoms in total. The summed E-state index contributed by atoms with van der Waals surface area (Å²) in [5, 5.41) is 11.6. The first-order chi connectivity index (χ1) is 5.41. The van der Waals surface area contributed by atoms with Crippen LogP contribution in [0.25, 0.3) is 0 Å². The van der Waals surface area contributed by atoms with Crippen molar-refractivity contribution >= 4 is 5.91 Å². The fourth-order valence-corrected chi connectivity index (χ4v) is 0.789. The van der Waals surface area contributed by atoms with Gasteiger partial charge >= 0.3 is 0 Å². The van der Waals surface area contributed by atoms with Crippen molar-refractivity contribution in [3.05, 3.63) is 0 Å². The summed E-state index contributed by atoms with van der Waals surface area (Å²) in [5.41, 5.74) is 4.99. The Morgan fingerprint density at radius 1 is 1.58 bits per heavy atom. The molecule has 0 aromatic heterocycles. The van der Waals surface area contributed by atoms with Crippen molar-refractivity contribution in [2.75, 3.05) is 13.2 Å². The van der Waals surface area contributed by atoms with E-state index in [4.69, 9.17) is 10.8 Å². The second-order valence-electron chi connectivity index (χ2n) is 3.87. The van der Waals surface area contributed by atoms with Crippen LogP contribution in [0.3, 0.4) is 0 Å². The zero-order chi connectivity index (χ0) is 9.78. The summed E-state index contributed by atoms with van der Waals surface area (Å²) in [7, 11) is 0. The van der Waals surface area contributed by atoms with Crippen LogP contribution in [-0.2, 0) is 4.79 Å². The van der Waals surface area contributed by atoms with Crippen LogP contribution in [0.2, 0.25) is 0 Å². The van der Waals surface area contributed by atoms with Crippen LogP contribution in [0.4, 0.5) is 0 Å². The largest absolute Gasteiger partial charge is 0.394 e. The molecular formula is C8H18N2O2. The predicted octanol–water partition coefficient (Wildman–Crippen LogP) is -0.532. The highest BCUT2D eigenvalue weighted by atomic mass is 16.3. The van der Waals surface area contributed by atoms with E-state index in [0.29, 0.717) is 0 Å². The van der Waals surface area contributed by atoms with E-state index >= 15 is 0 Å². The molecule has 0 bridgehead atoms. The first kappa shape index (κ1) is 11.4. The quantitative estimate of drug-likeness (QED) is 0.538. The lowest BCUT2D eigenvalue weighted by Gasteiger charge is -2.29. The third-order valence-electron chi connectivity index (χ3n) is 1.75. The Hall–Kier alpha value is -0.610. The number of carbonyl (C=O) groups is 1. The fraction of sp³-hybridized carbons (Fsp3) is 0.875. The topological polar surface area (TPSA) is 75.3 Å². The first-order valence-corrected chi connectivity index (χ1v) is 4.02. The van der Waals surface area contributed by atoms with Gasteiger partial charge in [-0.3, -0.25) is 4.79 Å². The number of carbonyl (C=O) groups excluding carboxylic acids is 1. The Kier molecular flexibility index (Phi) is 4.20. The molecule has 0 aromatic rings. The maximum Gasteiger partial charge on any atom is 0.234 e. The van der Waals surface area contributed by atoms with Crippen LogP contribution in [0, 0.1) is 5.41 Å². The number of rotatable bonds is 3. The van der Waals surface area contributed by atoms with Gasteiger partial charge in [-0.25, -0.2) is 0 Å². The minimum absolute atomic E-state index is 0.0351. The van der Waals surface area contributed by atoms with Crippen LogP contribution in [0.1, 0.15) is 20.8 Å². The molecule has 72 valence electrons. The van der Waals surface area contributed by atoms with Gasteiger partial charge in [0, 0.05) is 0 Å². The number of hydrogen-bond donors (Lipinski definition) is 3. The lowest BCUT2D eigenvalue weighted by molar-refractivity contribution is -0.121. The van der Waals surface area contributed by atoms with Gasteiger partial charge < -0.3 is 16.2 Å². The second-order valence-corrected chi connectivity index (χ2v) is 3.87. The van der Waals surface area contributed by atoms with E-state index in [1.165, 1.54) is 0 Å². The van der Waals surface area contributed by atoms with E-state index in [1.54, 1.807) is 0 Å². The van der Waals surface area contributed by atoms with Crippen molar-refractivity contribution in [3.8, 4) is 0 Å². The molecule has 0 aliphatic heterocycles. The molecule has 0 aliphatic rings. The minimum Gasteiger partial charge on any atom is -0.394 e. The highest BCUT2D eigenvalue weighted by Crippen LogP contribution is 2.18. The van der Waals surface area contributed by atoms with E-state index in [0.717, 1.165) is 0 Å². The van der Waals surface area contributed by atoms with Gasteiger partial charge in [0.2, 0.25) is 5.91 Å². The SMILES string of the molecule is CC(C)(C)[C@H](CO)NC(=O)CN. The zero-order valence-corrected chi connectivity index (χ0v) is 7.92. The van der Waals surface area contributed by atoms with Crippen LogP contribution in [0.15, 0.2) is 0 Å². The molecule has 4 N–H and O–H groups in total. The van der Waals surface area contributed by atoms with Crippen molar-refractivity contribution in [1.29, 1.82) is 0 Å². The molecule has 0 rings (SSSR count). The number of nitrogens with one attached hydrogen (secondary N) is 1. The lowest BCUT2D eigenvalue weighted by atomic mass is 9.87. The van der Waals surface area contributed by atoms with Gasteiger partial charge in [0.05, 0.1) is 19.2 Å². The number of aliphatic hydroxyl groups is 1. The monoisotopic (exact) mass is 174 g/mol. The molecule has 0 saturated heterocycles. The maximum absolute atomic E-state index is 10.9. The Morgan fingerprint density at radius 3 is 2.33 bits per heavy atom. The number of amides is 1. The van der Waals surface area contributed by atoms with Gasteiger partial charge in [-0.15, -0.1) is 0 Å². The average Bonchev–Trinajstić information content (AvgIpc) is 1.97. The van der Waals surface area contributed by atoms with Gasteiger partial charge in [-0.1, -0.05) is 20.8 Å². The van der Waals surface area contributed by atoms with Crippen molar-refractivity contribution in [3.63, 3.8) is 0 Å². The molecule has 0 unspecified atom stereocenters. The summed E-state index contributed by atoms with van der Waals surface area (Å²) >= 11 is 0. The van der Waals surface area contributed by atoms with E-state index in [1.807, 2.05) is 20.8 Å². The lowest BCUT2D eigenvalue weighted by Crippen LogP contribution is -2.48. The highest BCUT2D eigenvalue weighted by Gasteiger charge is 2.24. The van der Waals surface area contributed by atoms with Crippen molar-refractivity contribution in [1.82, 2.24) is 5.32 Å². The van der Waals surface area contributed by atoms with Gasteiger partial charge in [0.1, 0.15) is 0 Å². The molecule has 0 saturated carbocycles. The standard InChI is InChI=1S/C8H18N2O2/c1-8(2,3)6(5-11)10-7(12)4-9/h6,11H,4-5,9H2,1-3H3,(H,10,12)/t6-/m0/s1. The van der Waals surface area contributed by atoms with Crippen molar-refractivity contribution in [2.45, 2.75) is 26.8 Å². The molecule has 0 radical (unpaired) electrons. The first-order valence-electron chi connectivity index (χ1n) is 4.02. The minimum atomic E-state index is -0.232. The van der Waals surface area contributed by atoms with Crippen LogP contribution in [0.5, 0.6) is 0 Å². The van der Waals surface area contributed by atoms with E-state index < -0.39 is 0 Å². The molecule has 0 aromatic carbocycles. The molecule has 4 heteroatoms. The van der Waals surface area contributed by atoms with Gasteiger partial charge in [0.15, 0.2) is 0 Å². The fourth-order valence-electron chi connectivity index (χ4n) is 0.789. The Balaban J connectivity index is 4.09. The molecule has 1 atom stereocenters. The smallest absolute Gasteiger partial charge is 0.234 e. The van der Waals surface area contributed by atoms with Gasteiger partial charge in [-0.2, -0.15) is 0 Å². The summed E-state index contributed by atoms with van der Waals surface area (Å²) in [6, 6.07) is -0.228. The summed E-state index contributed by atoms with van der Waals surface area (Å²) in [6.07, 6.45) is 0. The van der Waals surface area contributed by atoms with Gasteiger partial charge in [0.25, 0.3) is 0 Å². The molecule has 1 amide bonds. The summed E-state index contributed by atoms with van der Waals surface area (Å²) < 4.78 is 0. The number of hydrogen-bond acceptors (Lipinski definition) is 3. The summed E-state index contributed by atoms with van der Waals surface area (Å²) in [4.78, 5) is 10.9. The third kappa shape index (κ3) is 3.69. The normalized spacial score (nSPS) is 14.1. The van der Waals surface area contributed by atoms with Crippen LogP contribution in [-0.4, -0.2) is 30.2 Å². The Morgan fingerprint density at radius 2 is 2.08 bits per heavy atom. The number of aliphatic hydroxyl groups excluding tert-OH is 1. The van der Waals surface area contributed by atoms with E-state index in [9.17, 15) is 4.79 Å². The Labute approximate surface area is 73.1 Å². The molecule has 12 heavy (non-hydrogen) atoms. The number of nitrogens with two attached hydrogens (primary N) is 1. The zero-order valence-electron chi connectivity index (χ0n) is 7.92. The average molecular weight is 174 g/mol. The summed E-state index contributed by atoms with van der Waals surface area (Å²) in [6.45, 7) is 5.75. The summed E-state index contributed by atoms with van der Waals surface area (Å²) in [5.74, 6) is -0.232. The van der Waals surface area contributed by atoms with Crippen LogP contribution < -0.4 is 11.1 Å². The molecular weight excluding hydrogens is 156 g/mol. The maximum atomic E-state index is 10.9. The van der Waals surface area contributed by atoms with Crippen molar-refractivity contribution in [2.24, 2.45) is 11.1 Å². The van der Waals surface area contributed by atoms with Gasteiger partial charge in [-0.05, 0) is 5.41 Å². The third-order valence-corrected chi connectivity index (χ3v) is 1.75. The molecule has 0 fully saturated rings. The van der Waals surface area contributed by atoms with E-state index in [-0.39, 0.29) is 30.5 Å². The molecule has 0 aliphatic carbocycles. The highest BCUT2D eigenvalue weighted by molar-refractivity contribution is 5.78. The van der Waals surface area contributed by atoms with Crippen molar-refractivity contribution < 1.29 is 9.90 Å².